The Bertz CT molecular complexity index is 297. The number of unbranched alkanes of at least 4 members (excludes halogenated alkanes) is 1. The monoisotopic (exact) mass is 181 g/mol. The lowest BCUT2D eigenvalue weighted by molar-refractivity contribution is 0.447. The third-order valence-electron chi connectivity index (χ3n) is 2.03. The quantitative estimate of drug-likeness (QED) is 0.379. The average Bonchev–Trinajstić information content (AvgIpc) is 2.09. The Balaban J connectivity index is 2.88. The maximum absolute atomic E-state index is 9.43. The summed E-state index contributed by atoms with van der Waals surface area (Å²) < 4.78 is 0. The van der Waals surface area contributed by atoms with Crippen molar-refractivity contribution in [1.82, 2.24) is 0 Å². The molecule has 0 unspecified atom stereocenters. The second-order valence-corrected chi connectivity index (χ2v) is 3.14. The maximum Gasteiger partial charge on any atom is 0.142 e. The number of hydrogen-bond donors (Lipinski definition) is 3. The predicted octanol–water partition coefficient (Wildman–Crippen LogP) is 2.02. The lowest BCUT2D eigenvalue weighted by Gasteiger charge is -2.06. The van der Waals surface area contributed by atoms with E-state index < -0.39 is 0 Å². The van der Waals surface area contributed by atoms with E-state index in [1.807, 2.05) is 0 Å². The Morgan fingerprint density at radius 1 is 1.23 bits per heavy atom. The Hall–Kier alpha value is -1.38. The predicted molar refractivity (Wildman–Crippen MR) is 52.8 cm³/mol. The smallest absolute Gasteiger partial charge is 0.142 e. The molecule has 1 aromatic rings. The molecule has 3 heteroatoms. The number of nitrogens with two attached hydrogens (primary N) is 1. The van der Waals surface area contributed by atoms with Crippen LogP contribution in [-0.4, -0.2) is 10.2 Å². The first-order chi connectivity index (χ1) is 6.15. The molecule has 1 rings (SSSR count). The third kappa shape index (κ3) is 2.28. The summed E-state index contributed by atoms with van der Waals surface area (Å²) in [5.74, 6) is 0.0675. The van der Waals surface area contributed by atoms with Crippen molar-refractivity contribution in [1.29, 1.82) is 0 Å². The zero-order valence-corrected chi connectivity index (χ0v) is 7.75. The Morgan fingerprint density at radius 2 is 1.92 bits per heavy atom. The zero-order chi connectivity index (χ0) is 9.84. The molecule has 0 amide bonds. The summed E-state index contributed by atoms with van der Waals surface area (Å²) in [5, 5.41) is 18.6. The van der Waals surface area contributed by atoms with Gasteiger partial charge in [0, 0.05) is 6.07 Å². The minimum absolute atomic E-state index is 0.0576. The van der Waals surface area contributed by atoms with Crippen molar-refractivity contribution in [2.45, 2.75) is 26.2 Å². The second kappa shape index (κ2) is 4.03. The van der Waals surface area contributed by atoms with E-state index in [2.05, 4.69) is 6.92 Å². The molecule has 0 atom stereocenters. The van der Waals surface area contributed by atoms with Crippen LogP contribution < -0.4 is 5.73 Å². The molecule has 0 aromatic heterocycles. The van der Waals surface area contributed by atoms with E-state index in [0.717, 1.165) is 24.8 Å². The van der Waals surface area contributed by atoms with E-state index in [9.17, 15) is 5.11 Å². The topological polar surface area (TPSA) is 66.5 Å². The molecule has 0 fully saturated rings. The van der Waals surface area contributed by atoms with Gasteiger partial charge in [-0.2, -0.15) is 0 Å². The van der Waals surface area contributed by atoms with Crippen LogP contribution in [0, 0.1) is 0 Å². The summed E-state index contributed by atoms with van der Waals surface area (Å²) in [5.41, 5.74) is 6.63. The largest absolute Gasteiger partial charge is 0.508 e. The molecule has 0 bridgehead atoms. The van der Waals surface area contributed by atoms with Crippen LogP contribution in [-0.2, 0) is 6.42 Å². The van der Waals surface area contributed by atoms with Gasteiger partial charge in [0.1, 0.15) is 11.5 Å². The van der Waals surface area contributed by atoms with Crippen molar-refractivity contribution < 1.29 is 10.2 Å². The van der Waals surface area contributed by atoms with Crippen molar-refractivity contribution in [2.75, 3.05) is 5.73 Å². The molecular formula is C10H15NO2. The number of rotatable bonds is 3. The molecular weight excluding hydrogens is 166 g/mol. The number of hydrogen-bond acceptors (Lipinski definition) is 3. The highest BCUT2D eigenvalue weighted by Crippen LogP contribution is 2.29. The van der Waals surface area contributed by atoms with E-state index >= 15 is 0 Å². The zero-order valence-electron chi connectivity index (χ0n) is 7.75. The minimum Gasteiger partial charge on any atom is -0.508 e. The molecule has 0 spiro atoms. The molecule has 1 aromatic carbocycles. The van der Waals surface area contributed by atoms with Crippen LogP contribution in [0.4, 0.5) is 5.69 Å². The molecule has 0 aliphatic carbocycles. The second-order valence-electron chi connectivity index (χ2n) is 3.14. The summed E-state index contributed by atoms with van der Waals surface area (Å²) in [6.45, 7) is 2.08. The van der Waals surface area contributed by atoms with Crippen LogP contribution in [0.5, 0.6) is 11.5 Å². The van der Waals surface area contributed by atoms with Crippen molar-refractivity contribution in [3.63, 3.8) is 0 Å². The molecule has 0 saturated heterocycles. The van der Waals surface area contributed by atoms with Crippen LogP contribution in [0.15, 0.2) is 12.1 Å². The van der Waals surface area contributed by atoms with Gasteiger partial charge < -0.3 is 15.9 Å². The Morgan fingerprint density at radius 3 is 2.54 bits per heavy atom. The van der Waals surface area contributed by atoms with Gasteiger partial charge in [0.05, 0.1) is 5.69 Å². The van der Waals surface area contributed by atoms with Crippen molar-refractivity contribution in [3.8, 4) is 11.5 Å². The maximum atomic E-state index is 9.43. The van der Waals surface area contributed by atoms with Gasteiger partial charge in [-0.05, 0) is 24.5 Å². The number of aromatic hydroxyl groups is 2. The standard InChI is InChI=1S/C10H15NO2/c1-2-3-4-7-5-8(11)10(13)6-9(7)12/h5-6,12-13H,2-4,11H2,1H3. The first kappa shape index (κ1) is 9.71. The summed E-state index contributed by atoms with van der Waals surface area (Å²) in [6.07, 6.45) is 2.88. The number of anilines is 1. The van der Waals surface area contributed by atoms with E-state index in [4.69, 9.17) is 10.8 Å². The molecule has 0 aliphatic heterocycles. The Labute approximate surface area is 77.8 Å². The van der Waals surface area contributed by atoms with Gasteiger partial charge >= 0.3 is 0 Å². The first-order valence-corrected chi connectivity index (χ1v) is 4.45. The number of nitrogen functional groups attached to an aromatic ring is 1. The van der Waals surface area contributed by atoms with E-state index in [1.165, 1.54) is 6.07 Å². The number of benzene rings is 1. The van der Waals surface area contributed by atoms with Crippen LogP contribution in [0.1, 0.15) is 25.3 Å². The summed E-state index contributed by atoms with van der Waals surface area (Å²) in [6, 6.07) is 2.92. The molecule has 3 nitrogen and oxygen atoms in total. The first-order valence-electron chi connectivity index (χ1n) is 4.45. The van der Waals surface area contributed by atoms with Gasteiger partial charge in [-0.3, -0.25) is 0 Å². The molecule has 0 heterocycles. The highest BCUT2D eigenvalue weighted by molar-refractivity contribution is 5.57. The number of aryl methyl sites for hydroxylation is 1. The van der Waals surface area contributed by atoms with E-state index in [-0.39, 0.29) is 11.5 Å². The van der Waals surface area contributed by atoms with Gasteiger partial charge in [0.2, 0.25) is 0 Å². The average molecular weight is 181 g/mol. The number of phenols is 2. The normalized spacial score (nSPS) is 10.2. The Kier molecular flexibility index (Phi) is 3.01. The molecule has 0 saturated carbocycles. The van der Waals surface area contributed by atoms with Gasteiger partial charge in [-0.25, -0.2) is 0 Å². The molecule has 72 valence electrons. The summed E-state index contributed by atoms with van der Waals surface area (Å²) in [4.78, 5) is 0. The highest BCUT2D eigenvalue weighted by Gasteiger charge is 2.05. The molecule has 0 aliphatic rings. The fourth-order valence-electron chi connectivity index (χ4n) is 1.21. The van der Waals surface area contributed by atoms with Gasteiger partial charge in [-0.15, -0.1) is 0 Å². The highest BCUT2D eigenvalue weighted by atomic mass is 16.3. The van der Waals surface area contributed by atoms with Crippen molar-refractivity contribution in [3.05, 3.63) is 17.7 Å². The summed E-state index contributed by atoms with van der Waals surface area (Å²) in [7, 11) is 0. The summed E-state index contributed by atoms with van der Waals surface area (Å²) >= 11 is 0. The fourth-order valence-corrected chi connectivity index (χ4v) is 1.21. The van der Waals surface area contributed by atoms with Crippen LogP contribution >= 0.6 is 0 Å². The van der Waals surface area contributed by atoms with Crippen LogP contribution in [0.25, 0.3) is 0 Å². The molecule has 13 heavy (non-hydrogen) atoms. The van der Waals surface area contributed by atoms with Gasteiger partial charge in [-0.1, -0.05) is 13.3 Å². The lowest BCUT2D eigenvalue weighted by atomic mass is 10.1. The van der Waals surface area contributed by atoms with Crippen molar-refractivity contribution in [2.24, 2.45) is 0 Å². The van der Waals surface area contributed by atoms with Crippen LogP contribution in [0.2, 0.25) is 0 Å². The molecule has 0 radical (unpaired) electrons. The van der Waals surface area contributed by atoms with Crippen LogP contribution in [0.3, 0.4) is 0 Å². The van der Waals surface area contributed by atoms with Crippen molar-refractivity contribution >= 4 is 5.69 Å². The third-order valence-corrected chi connectivity index (χ3v) is 2.03. The SMILES string of the molecule is CCCCc1cc(N)c(O)cc1O. The molecule has 4 N–H and O–H groups in total. The van der Waals surface area contributed by atoms with Gasteiger partial charge in [0.15, 0.2) is 0 Å². The van der Waals surface area contributed by atoms with E-state index in [1.54, 1.807) is 6.07 Å². The minimum atomic E-state index is -0.0576. The van der Waals surface area contributed by atoms with Gasteiger partial charge in [0.25, 0.3) is 0 Å². The lowest BCUT2D eigenvalue weighted by Crippen LogP contribution is -1.91. The fraction of sp³-hybridized carbons (Fsp3) is 0.400. The van der Waals surface area contributed by atoms with E-state index in [0.29, 0.717) is 5.69 Å². The number of phenolic OH excluding ortho intramolecular Hbond substituents is 2.